The van der Waals surface area contributed by atoms with Crippen LogP contribution in [0.3, 0.4) is 0 Å². The minimum atomic E-state index is -2.59. The van der Waals surface area contributed by atoms with Crippen LogP contribution in [0.4, 0.5) is 9.59 Å². The SMILES string of the molecule is CO[Si](CCCNC(=O)OCC=CCCCCCC/C=C/C1CCC(C=CCCCCCC/C=C/COC(=O)NCCC[Si](OC)(OC)OC)C1)(OC)OC. The summed E-state index contributed by atoms with van der Waals surface area (Å²) in [6.07, 6.45) is 36.4. The molecule has 1 fully saturated rings. The van der Waals surface area contributed by atoms with Crippen LogP contribution in [0.5, 0.6) is 0 Å². The maximum Gasteiger partial charge on any atom is 0.500 e. The van der Waals surface area contributed by atoms with E-state index in [4.69, 9.17) is 36.0 Å². The highest BCUT2D eigenvalue weighted by Crippen LogP contribution is 2.33. The Morgan fingerprint density at radius 3 is 1.18 bits per heavy atom. The quantitative estimate of drug-likeness (QED) is 0.0368. The van der Waals surface area contributed by atoms with Gasteiger partial charge in [0.25, 0.3) is 0 Å². The minimum Gasteiger partial charge on any atom is -0.445 e. The summed E-state index contributed by atoms with van der Waals surface area (Å²) in [5.41, 5.74) is 0. The van der Waals surface area contributed by atoms with E-state index in [1.807, 2.05) is 12.2 Å². The zero-order valence-electron chi connectivity index (χ0n) is 35.1. The third-order valence-electron chi connectivity index (χ3n) is 9.99. The topological polar surface area (TPSA) is 132 Å². The van der Waals surface area contributed by atoms with Crippen LogP contribution in [-0.2, 0) is 36.0 Å². The van der Waals surface area contributed by atoms with E-state index in [0.29, 0.717) is 38.0 Å². The number of hydrogen-bond acceptors (Lipinski definition) is 10. The number of amides is 2. The van der Waals surface area contributed by atoms with Crippen molar-refractivity contribution in [2.75, 3.05) is 69.0 Å². The van der Waals surface area contributed by atoms with Gasteiger partial charge in [-0.1, -0.05) is 74.3 Å². The number of carbonyl (C=O) groups is 2. The number of rotatable bonds is 34. The first-order valence-electron chi connectivity index (χ1n) is 20.6. The molecule has 12 nitrogen and oxygen atoms in total. The highest BCUT2D eigenvalue weighted by Gasteiger charge is 2.37. The number of allylic oxidation sites excluding steroid dienone is 6. The third-order valence-corrected chi connectivity index (χ3v) is 15.7. The first-order chi connectivity index (χ1) is 26.8. The zero-order chi connectivity index (χ0) is 40.3. The van der Waals surface area contributed by atoms with Crippen molar-refractivity contribution in [3.05, 3.63) is 48.6 Å². The normalized spacial score (nSPS) is 16.6. The van der Waals surface area contributed by atoms with Gasteiger partial charge in [-0.3, -0.25) is 0 Å². The fourth-order valence-electron chi connectivity index (χ4n) is 6.56. The largest absolute Gasteiger partial charge is 0.500 e. The lowest BCUT2D eigenvalue weighted by Gasteiger charge is -2.24. The van der Waals surface area contributed by atoms with E-state index in [2.05, 4.69) is 47.1 Å². The maximum absolute atomic E-state index is 11.8. The van der Waals surface area contributed by atoms with Crippen molar-refractivity contribution in [2.45, 2.75) is 121 Å². The molecule has 0 aromatic rings. The Morgan fingerprint density at radius 1 is 0.491 bits per heavy atom. The second kappa shape index (κ2) is 33.8. The Kier molecular flexibility index (Phi) is 31.2. The second-order valence-electron chi connectivity index (χ2n) is 14.0. The van der Waals surface area contributed by atoms with E-state index in [1.165, 1.54) is 70.6 Å². The molecule has 0 spiro atoms. The highest BCUT2D eigenvalue weighted by molar-refractivity contribution is 6.60. The van der Waals surface area contributed by atoms with E-state index in [9.17, 15) is 9.59 Å². The molecule has 0 heterocycles. The van der Waals surface area contributed by atoms with Crippen LogP contribution < -0.4 is 10.6 Å². The molecule has 318 valence electrons. The second-order valence-corrected chi connectivity index (χ2v) is 20.1. The first-order valence-corrected chi connectivity index (χ1v) is 24.4. The number of ether oxygens (including phenoxy) is 2. The summed E-state index contributed by atoms with van der Waals surface area (Å²) < 4.78 is 42.7. The van der Waals surface area contributed by atoms with Gasteiger partial charge in [-0.05, 0) is 95.3 Å². The van der Waals surface area contributed by atoms with Gasteiger partial charge < -0.3 is 46.7 Å². The molecule has 0 aliphatic heterocycles. The van der Waals surface area contributed by atoms with Crippen molar-refractivity contribution >= 4 is 29.8 Å². The van der Waals surface area contributed by atoms with E-state index in [0.717, 1.165) is 37.5 Å². The van der Waals surface area contributed by atoms with Gasteiger partial charge in [0.05, 0.1) is 0 Å². The number of hydrogen-bond donors (Lipinski definition) is 2. The monoisotopic (exact) mass is 813 g/mol. The van der Waals surface area contributed by atoms with Crippen LogP contribution >= 0.6 is 0 Å². The van der Waals surface area contributed by atoms with E-state index >= 15 is 0 Å². The molecule has 0 aromatic carbocycles. The van der Waals surface area contributed by atoms with Crippen molar-refractivity contribution in [1.82, 2.24) is 10.6 Å². The molecule has 2 unspecified atom stereocenters. The molecule has 2 atom stereocenters. The average Bonchev–Trinajstić information content (AvgIpc) is 3.66. The lowest BCUT2D eigenvalue weighted by Crippen LogP contribution is -2.43. The lowest BCUT2D eigenvalue weighted by molar-refractivity contribution is 0.122. The fourth-order valence-corrected chi connectivity index (χ4v) is 10.0. The van der Waals surface area contributed by atoms with Gasteiger partial charge in [0.1, 0.15) is 13.2 Å². The summed E-state index contributed by atoms with van der Waals surface area (Å²) >= 11 is 0. The van der Waals surface area contributed by atoms with E-state index in [1.54, 1.807) is 42.7 Å². The van der Waals surface area contributed by atoms with Crippen LogP contribution in [-0.4, -0.2) is 98.8 Å². The predicted molar refractivity (Wildman–Crippen MR) is 224 cm³/mol. The Hall–Kier alpha value is -2.31. The Labute approximate surface area is 335 Å². The van der Waals surface area contributed by atoms with Gasteiger partial charge in [0, 0.05) is 67.8 Å². The van der Waals surface area contributed by atoms with Gasteiger partial charge >= 0.3 is 29.8 Å². The van der Waals surface area contributed by atoms with E-state index in [-0.39, 0.29) is 13.2 Å². The minimum absolute atomic E-state index is 0.288. The van der Waals surface area contributed by atoms with Gasteiger partial charge in [0.2, 0.25) is 0 Å². The smallest absolute Gasteiger partial charge is 0.445 e. The molecule has 14 heteroatoms. The summed E-state index contributed by atoms with van der Waals surface area (Å²) in [6.45, 7) is 1.55. The Bertz CT molecular complexity index is 985. The molecular weight excluding hydrogens is 737 g/mol. The molecule has 2 amide bonds. The average molecular weight is 813 g/mol. The molecule has 0 aromatic heterocycles. The third kappa shape index (κ3) is 25.5. The van der Waals surface area contributed by atoms with Crippen LogP contribution in [0.1, 0.15) is 109 Å². The molecule has 0 bridgehead atoms. The Balaban J connectivity index is 1.93. The molecule has 0 radical (unpaired) electrons. The van der Waals surface area contributed by atoms with Crippen molar-refractivity contribution < 1.29 is 45.6 Å². The molecule has 1 rings (SSSR count). The molecule has 1 aliphatic rings. The Morgan fingerprint density at radius 2 is 0.836 bits per heavy atom. The highest BCUT2D eigenvalue weighted by atomic mass is 28.4. The van der Waals surface area contributed by atoms with Crippen LogP contribution in [0, 0.1) is 11.8 Å². The maximum atomic E-state index is 11.8. The summed E-state index contributed by atoms with van der Waals surface area (Å²) in [4.78, 5) is 23.7. The van der Waals surface area contributed by atoms with Gasteiger partial charge in [0.15, 0.2) is 0 Å². The summed E-state index contributed by atoms with van der Waals surface area (Å²) in [5.74, 6) is 1.47. The van der Waals surface area contributed by atoms with Crippen molar-refractivity contribution in [1.29, 1.82) is 0 Å². The number of alkyl carbamates (subject to hydrolysis) is 2. The summed E-state index contributed by atoms with van der Waals surface area (Å²) in [5, 5.41) is 5.50. The van der Waals surface area contributed by atoms with Crippen LogP contribution in [0.15, 0.2) is 48.6 Å². The number of nitrogens with one attached hydrogen (secondary N) is 2. The molecule has 55 heavy (non-hydrogen) atoms. The lowest BCUT2D eigenvalue weighted by atomic mass is 10.0. The van der Waals surface area contributed by atoms with Gasteiger partial charge in [-0.2, -0.15) is 0 Å². The fraction of sp³-hybridized carbons (Fsp3) is 0.756. The molecule has 0 saturated heterocycles. The standard InChI is InChI=1S/C41H76N2O10Si2/c1-46-54(47-2,48-3)35-25-31-42-40(44)52-33-23-19-15-11-7-9-13-17-21-27-38-29-30-39(37-38)28-22-18-14-10-8-12-16-20-24-34-53-41(45)43-32-26-36-55(49-4,50-5)51-6/h19-24,27-28,38-39H,7-18,25-26,29-37H2,1-6H3,(H,42,44)(H,43,45)/b23-19+,24-20?,27-21?,28-22+. The van der Waals surface area contributed by atoms with Gasteiger partial charge in [-0.25, -0.2) is 9.59 Å². The van der Waals surface area contributed by atoms with Crippen molar-refractivity contribution in [3.8, 4) is 0 Å². The number of carbonyl (C=O) groups excluding carboxylic acids is 2. The zero-order valence-corrected chi connectivity index (χ0v) is 37.1. The van der Waals surface area contributed by atoms with Crippen LogP contribution in [0.2, 0.25) is 12.1 Å². The summed E-state index contributed by atoms with van der Waals surface area (Å²) in [7, 11) is 4.32. The first kappa shape index (κ1) is 50.7. The molecule has 1 saturated carbocycles. The molecule has 1 aliphatic carbocycles. The predicted octanol–water partition coefficient (Wildman–Crippen LogP) is 9.30. The van der Waals surface area contributed by atoms with Crippen molar-refractivity contribution in [2.24, 2.45) is 11.8 Å². The van der Waals surface area contributed by atoms with E-state index < -0.39 is 29.8 Å². The van der Waals surface area contributed by atoms with Gasteiger partial charge in [-0.15, -0.1) is 0 Å². The molecule has 2 N–H and O–H groups in total. The number of unbranched alkanes of at least 4 members (excludes halogenated alkanes) is 10. The van der Waals surface area contributed by atoms with Crippen LogP contribution in [0.25, 0.3) is 0 Å². The summed E-state index contributed by atoms with van der Waals surface area (Å²) in [6, 6.07) is 1.26. The molecular formula is C41H76N2O10Si2. The van der Waals surface area contributed by atoms with Crippen molar-refractivity contribution in [3.63, 3.8) is 0 Å².